The smallest absolute Gasteiger partial charge is 0.414 e. The second-order valence-corrected chi connectivity index (χ2v) is 11.6. The van der Waals surface area contributed by atoms with E-state index in [9.17, 15) is 14.7 Å². The highest BCUT2D eigenvalue weighted by Gasteiger charge is 2.47. The number of carbonyl (C=O) groups excluding carboxylic acids is 2. The second-order valence-electron chi connectivity index (χ2n) is 10.3. The molecule has 5 rings (SSSR count). The number of methoxy groups -OCH3 is 1. The molecule has 3 aromatic rings. The van der Waals surface area contributed by atoms with Crippen molar-refractivity contribution in [2.75, 3.05) is 32.4 Å². The van der Waals surface area contributed by atoms with Crippen molar-refractivity contribution in [1.82, 2.24) is 4.90 Å². The number of aldehydes is 1. The van der Waals surface area contributed by atoms with E-state index < -0.39 is 22.8 Å². The first kappa shape index (κ1) is 32.7. The van der Waals surface area contributed by atoms with Crippen LogP contribution < -0.4 is 9.80 Å². The second kappa shape index (κ2) is 14.5. The summed E-state index contributed by atoms with van der Waals surface area (Å²) in [6.45, 7) is 3.13. The molecule has 0 saturated carbocycles. The molecule has 2 unspecified atom stereocenters. The fourth-order valence-electron chi connectivity index (χ4n) is 5.49. The van der Waals surface area contributed by atoms with Gasteiger partial charge in [0, 0.05) is 22.9 Å². The van der Waals surface area contributed by atoms with Crippen molar-refractivity contribution in [2.45, 2.75) is 41.6 Å². The zero-order valence-electron chi connectivity index (χ0n) is 24.3. The van der Waals surface area contributed by atoms with Crippen LogP contribution in [-0.4, -0.2) is 71.7 Å². The monoisotopic (exact) mass is 622 g/mol. The number of aliphatic hydroxyl groups is 1. The number of carbonyl (C=O) groups is 4. The molecule has 0 spiro atoms. The lowest BCUT2D eigenvalue weighted by Crippen LogP contribution is -2.31. The van der Waals surface area contributed by atoms with Crippen LogP contribution in [0.5, 0.6) is 5.75 Å². The first-order valence-corrected chi connectivity index (χ1v) is 14.7. The van der Waals surface area contributed by atoms with Gasteiger partial charge in [-0.2, -0.15) is 5.06 Å². The van der Waals surface area contributed by atoms with E-state index in [1.165, 1.54) is 37.3 Å². The number of benzene rings is 3. The van der Waals surface area contributed by atoms with Crippen LogP contribution in [0.3, 0.4) is 0 Å². The third-order valence-electron chi connectivity index (χ3n) is 7.60. The predicted molar refractivity (Wildman–Crippen MR) is 162 cm³/mol. The fourth-order valence-corrected chi connectivity index (χ4v) is 6.91. The Labute approximate surface area is 259 Å². The molecule has 1 amide bonds. The maximum absolute atomic E-state index is 12.2. The summed E-state index contributed by atoms with van der Waals surface area (Å²) in [7, 11) is 3.04. The number of carboxylic acid groups (broad SMARTS) is 2. The van der Waals surface area contributed by atoms with Crippen molar-refractivity contribution < 1.29 is 44.1 Å². The number of hydrogen-bond acceptors (Lipinski definition) is 9. The van der Waals surface area contributed by atoms with Crippen LogP contribution in [0, 0.1) is 0 Å². The van der Waals surface area contributed by atoms with Crippen molar-refractivity contribution >= 4 is 41.6 Å². The third kappa shape index (κ3) is 7.28. The number of nitrogens with zero attached hydrogens (tertiary/aromatic N) is 2. The molecular formula is C32H34N2O9S. The number of hydrogen-bond donors (Lipinski definition) is 3. The van der Waals surface area contributed by atoms with Gasteiger partial charge in [0.05, 0.1) is 19.9 Å². The summed E-state index contributed by atoms with van der Waals surface area (Å²) in [5.74, 6) is -3.79. The van der Waals surface area contributed by atoms with Crippen LogP contribution in [-0.2, 0) is 41.9 Å². The van der Waals surface area contributed by atoms with E-state index in [4.69, 9.17) is 29.4 Å². The topological polar surface area (TPSA) is 154 Å². The van der Waals surface area contributed by atoms with Gasteiger partial charge in [-0.1, -0.05) is 54.2 Å². The Morgan fingerprint density at radius 3 is 2.25 bits per heavy atom. The van der Waals surface area contributed by atoms with Gasteiger partial charge >= 0.3 is 17.8 Å². The first-order chi connectivity index (χ1) is 21.1. The van der Waals surface area contributed by atoms with E-state index in [0.29, 0.717) is 17.7 Å². The van der Waals surface area contributed by atoms with E-state index in [1.54, 1.807) is 31.4 Å². The normalized spacial score (nSPS) is 18.9. The Morgan fingerprint density at radius 1 is 1.00 bits per heavy atom. The van der Waals surface area contributed by atoms with Gasteiger partial charge in [0.2, 0.25) is 6.29 Å². The molecule has 2 atom stereocenters. The molecule has 0 bridgehead atoms. The molecule has 0 aliphatic carbocycles. The van der Waals surface area contributed by atoms with E-state index in [1.807, 2.05) is 18.2 Å². The largest absolute Gasteiger partial charge is 0.496 e. The van der Waals surface area contributed by atoms with Crippen LogP contribution in [0.15, 0.2) is 71.6 Å². The van der Waals surface area contributed by atoms with Crippen LogP contribution in [0.25, 0.3) is 0 Å². The van der Waals surface area contributed by atoms with Crippen molar-refractivity contribution in [3.05, 3.63) is 89.0 Å². The van der Waals surface area contributed by atoms with Crippen molar-refractivity contribution in [1.29, 1.82) is 0 Å². The molecule has 1 saturated heterocycles. The molecule has 0 radical (unpaired) electrons. The van der Waals surface area contributed by atoms with Crippen molar-refractivity contribution in [3.63, 3.8) is 0 Å². The average molecular weight is 623 g/mol. The number of hydroxylamine groups is 1. The number of aliphatic carboxylic acids is 2. The molecular weight excluding hydrogens is 588 g/mol. The number of rotatable bonds is 9. The van der Waals surface area contributed by atoms with Crippen LogP contribution in [0.1, 0.15) is 41.0 Å². The number of fused-ring (bicyclic) bond motifs is 1. The van der Waals surface area contributed by atoms with Crippen molar-refractivity contribution in [3.8, 4) is 5.75 Å². The van der Waals surface area contributed by atoms with E-state index in [2.05, 4.69) is 29.2 Å². The summed E-state index contributed by atoms with van der Waals surface area (Å²) in [5, 5.41) is 27.9. The first-order valence-electron chi connectivity index (χ1n) is 13.9. The number of amides is 1. The Morgan fingerprint density at radius 2 is 1.66 bits per heavy atom. The Balaban J connectivity index is 0.000000670. The van der Waals surface area contributed by atoms with E-state index >= 15 is 0 Å². The lowest BCUT2D eigenvalue weighted by Gasteiger charge is -2.31. The van der Waals surface area contributed by atoms with Gasteiger partial charge in [-0.05, 0) is 73.3 Å². The highest BCUT2D eigenvalue weighted by molar-refractivity contribution is 8.00. The molecule has 2 aliphatic rings. The summed E-state index contributed by atoms with van der Waals surface area (Å²) in [6, 6.07) is 21.4. The van der Waals surface area contributed by atoms with Crippen LogP contribution in [0.2, 0.25) is 0 Å². The molecule has 11 nitrogen and oxygen atoms in total. The van der Waals surface area contributed by atoms with E-state index in [0.717, 1.165) is 46.5 Å². The lowest BCUT2D eigenvalue weighted by atomic mass is 9.84. The molecule has 2 aliphatic heterocycles. The van der Waals surface area contributed by atoms with Gasteiger partial charge in [-0.25, -0.2) is 9.59 Å². The van der Waals surface area contributed by atoms with Gasteiger partial charge in [-0.3, -0.25) is 19.3 Å². The minimum absolute atomic E-state index is 0.203. The van der Waals surface area contributed by atoms with Crippen LogP contribution in [0.4, 0.5) is 5.69 Å². The van der Waals surface area contributed by atoms with Crippen LogP contribution >= 0.6 is 11.8 Å². The number of likely N-dealkylation sites (tertiary alicyclic amines) is 1. The molecule has 44 heavy (non-hydrogen) atoms. The summed E-state index contributed by atoms with van der Waals surface area (Å²) in [4.78, 5) is 48.4. The minimum atomic E-state index is -1.82. The third-order valence-corrected chi connectivity index (χ3v) is 9.02. The maximum atomic E-state index is 12.2. The number of ether oxygens (including phenoxy) is 1. The zero-order chi connectivity index (χ0) is 31.9. The van der Waals surface area contributed by atoms with Gasteiger partial charge in [0.25, 0.3) is 0 Å². The van der Waals surface area contributed by atoms with Gasteiger partial charge in [0.15, 0.2) is 0 Å². The number of anilines is 1. The standard InChI is InChI=1S/C30H32N2O5S.C2H2O4/c1-36-27-18-21(9-10-22(27)19-31-15-5-6-16-31)17-26-25-7-3-4-8-28(25)38-30(26,35)23-11-13-24(14-12-23)32(37-2)29(34)20-33;3-1(4)2(5)6/h3-4,7-14,18,20,26,35H,5-6,15-17,19H2,1-2H3;(H,3,4)(H,5,6). The molecule has 232 valence electrons. The summed E-state index contributed by atoms with van der Waals surface area (Å²) in [6.07, 6.45) is 3.32. The molecule has 1 fully saturated rings. The van der Waals surface area contributed by atoms with Gasteiger partial charge in [-0.15, -0.1) is 0 Å². The molecule has 3 aromatic carbocycles. The van der Waals surface area contributed by atoms with Gasteiger partial charge in [0.1, 0.15) is 10.7 Å². The highest BCUT2D eigenvalue weighted by Crippen LogP contribution is 2.58. The highest BCUT2D eigenvalue weighted by atomic mass is 32.2. The Hall–Kier alpha value is -4.23. The molecule has 2 heterocycles. The quantitative estimate of drug-likeness (QED) is 0.181. The number of thioether (sulfide) groups is 1. The minimum Gasteiger partial charge on any atom is -0.496 e. The predicted octanol–water partition coefficient (Wildman–Crippen LogP) is 3.82. The summed E-state index contributed by atoms with van der Waals surface area (Å²) in [5.41, 5.74) is 4.48. The zero-order valence-corrected chi connectivity index (χ0v) is 25.2. The Bertz CT molecular complexity index is 1500. The molecule has 3 N–H and O–H groups in total. The SMILES string of the molecule is COc1cc(CC2c3ccccc3SC2(O)c2ccc(N(OC)C(=O)C=O)cc2)ccc1CN1CCCC1.O=C(O)C(=O)O. The van der Waals surface area contributed by atoms with Gasteiger partial charge < -0.3 is 20.1 Å². The number of carboxylic acids is 2. The summed E-state index contributed by atoms with van der Waals surface area (Å²) < 4.78 is 5.78. The van der Waals surface area contributed by atoms with Crippen molar-refractivity contribution in [2.24, 2.45) is 0 Å². The maximum Gasteiger partial charge on any atom is 0.414 e. The summed E-state index contributed by atoms with van der Waals surface area (Å²) >= 11 is 1.43. The Kier molecular flexibility index (Phi) is 10.8. The average Bonchev–Trinajstić information content (AvgIpc) is 3.64. The molecule has 0 aromatic heterocycles. The molecule has 12 heteroatoms. The van der Waals surface area contributed by atoms with E-state index in [-0.39, 0.29) is 12.2 Å². The fraction of sp³-hybridized carbons (Fsp3) is 0.312. The lowest BCUT2D eigenvalue weighted by molar-refractivity contribution is -0.159.